The molecule has 2 aromatic heterocycles. The quantitative estimate of drug-likeness (QED) is 0.468. The van der Waals surface area contributed by atoms with Gasteiger partial charge in [-0.3, -0.25) is 4.79 Å². The first kappa shape index (κ1) is 27.3. The highest BCUT2D eigenvalue weighted by atomic mass is 32.2. The topological polar surface area (TPSA) is 137 Å². The van der Waals surface area contributed by atoms with Crippen LogP contribution in [0, 0.1) is 10.8 Å². The highest BCUT2D eigenvalue weighted by Gasteiger charge is 2.45. The SMILES string of the molecule is CC(C)(C)CS(=O)(=O)c1cccc(NC(=O)c2ncc(NC(C)(C)CO)nc2N2CCC3(CC2)CC3)n1. The number of pyridine rings is 1. The van der Waals surface area contributed by atoms with Crippen molar-refractivity contribution >= 4 is 33.2 Å². The Hall–Kier alpha value is -2.79. The molecule has 1 saturated carbocycles. The first-order chi connectivity index (χ1) is 17.2. The monoisotopic (exact) mass is 530 g/mol. The van der Waals surface area contributed by atoms with Crippen LogP contribution in [0.5, 0.6) is 0 Å². The van der Waals surface area contributed by atoms with Gasteiger partial charge in [0.2, 0.25) is 0 Å². The second-order valence-corrected chi connectivity index (χ2v) is 14.2. The van der Waals surface area contributed by atoms with E-state index in [1.807, 2.05) is 34.6 Å². The molecule has 3 heterocycles. The van der Waals surface area contributed by atoms with Gasteiger partial charge in [0.15, 0.2) is 26.4 Å². The van der Waals surface area contributed by atoms with Crippen molar-refractivity contribution in [3.8, 4) is 0 Å². The number of nitrogens with zero attached hydrogens (tertiary/aromatic N) is 4. The minimum Gasteiger partial charge on any atom is -0.394 e. The largest absolute Gasteiger partial charge is 0.394 e. The third kappa shape index (κ3) is 6.75. The van der Waals surface area contributed by atoms with Gasteiger partial charge in [-0.05, 0) is 62.5 Å². The summed E-state index contributed by atoms with van der Waals surface area (Å²) in [5.74, 6) is 0.482. The predicted octanol–water partition coefficient (Wildman–Crippen LogP) is 3.51. The van der Waals surface area contributed by atoms with Crippen LogP contribution < -0.4 is 15.5 Å². The van der Waals surface area contributed by atoms with Gasteiger partial charge in [-0.2, -0.15) is 0 Å². The summed E-state index contributed by atoms with van der Waals surface area (Å²) in [7, 11) is -3.62. The number of hydrogen-bond acceptors (Lipinski definition) is 9. The number of piperidine rings is 1. The zero-order chi connectivity index (χ0) is 27.1. The van der Waals surface area contributed by atoms with Crippen molar-refractivity contribution in [2.45, 2.75) is 70.9 Å². The van der Waals surface area contributed by atoms with Crippen molar-refractivity contribution in [1.82, 2.24) is 15.0 Å². The maximum Gasteiger partial charge on any atom is 0.279 e. The minimum absolute atomic E-state index is 0.0604. The molecule has 2 aliphatic rings. The van der Waals surface area contributed by atoms with E-state index in [1.54, 1.807) is 12.1 Å². The highest BCUT2D eigenvalue weighted by molar-refractivity contribution is 7.91. The molecule has 0 unspecified atom stereocenters. The van der Waals surface area contributed by atoms with Gasteiger partial charge in [0.05, 0.1) is 24.1 Å². The maximum atomic E-state index is 13.4. The van der Waals surface area contributed by atoms with E-state index in [0.717, 1.165) is 25.9 Å². The average Bonchev–Trinajstić information content (AvgIpc) is 3.56. The Morgan fingerprint density at radius 3 is 2.32 bits per heavy atom. The maximum absolute atomic E-state index is 13.4. The summed E-state index contributed by atoms with van der Waals surface area (Å²) in [6.45, 7) is 10.7. The highest BCUT2D eigenvalue weighted by Crippen LogP contribution is 2.54. The Bertz CT molecular complexity index is 1260. The number of anilines is 3. The minimum atomic E-state index is -3.62. The summed E-state index contributed by atoms with van der Waals surface area (Å²) in [4.78, 5) is 28.8. The number of aliphatic hydroxyl groups excluding tert-OH is 1. The molecule has 202 valence electrons. The zero-order valence-electron chi connectivity index (χ0n) is 22.3. The Kier molecular flexibility index (Phi) is 7.24. The third-order valence-corrected chi connectivity index (χ3v) is 8.93. The lowest BCUT2D eigenvalue weighted by molar-refractivity contribution is 0.102. The second-order valence-electron chi connectivity index (χ2n) is 12.2. The Morgan fingerprint density at radius 1 is 1.05 bits per heavy atom. The number of nitrogens with one attached hydrogen (secondary N) is 2. The van der Waals surface area contributed by atoms with Gasteiger partial charge in [0, 0.05) is 13.1 Å². The van der Waals surface area contributed by atoms with Crippen LogP contribution in [0.1, 0.15) is 70.8 Å². The second kappa shape index (κ2) is 9.83. The summed E-state index contributed by atoms with van der Waals surface area (Å²) in [6.07, 6.45) is 6.08. The molecule has 0 aromatic carbocycles. The number of carbonyl (C=O) groups excluding carboxylic acids is 1. The van der Waals surface area contributed by atoms with Crippen LogP contribution in [0.15, 0.2) is 29.4 Å². The molecule has 1 aliphatic heterocycles. The Morgan fingerprint density at radius 2 is 1.73 bits per heavy atom. The van der Waals surface area contributed by atoms with Crippen LogP contribution in [-0.4, -0.2) is 65.4 Å². The molecular weight excluding hydrogens is 492 g/mol. The fraction of sp³-hybridized carbons (Fsp3) is 0.615. The van der Waals surface area contributed by atoms with Gasteiger partial charge in [0.1, 0.15) is 11.6 Å². The van der Waals surface area contributed by atoms with Crippen molar-refractivity contribution in [2.24, 2.45) is 10.8 Å². The van der Waals surface area contributed by atoms with Gasteiger partial charge >= 0.3 is 0 Å². The van der Waals surface area contributed by atoms with Gasteiger partial charge < -0.3 is 20.6 Å². The first-order valence-corrected chi connectivity index (χ1v) is 14.4. The van der Waals surface area contributed by atoms with E-state index in [0.29, 0.717) is 17.1 Å². The smallest absolute Gasteiger partial charge is 0.279 e. The fourth-order valence-corrected chi connectivity index (χ4v) is 6.36. The lowest BCUT2D eigenvalue weighted by Crippen LogP contribution is -2.38. The first-order valence-electron chi connectivity index (χ1n) is 12.7. The summed E-state index contributed by atoms with van der Waals surface area (Å²) >= 11 is 0. The van der Waals surface area contributed by atoms with E-state index in [2.05, 4.69) is 25.5 Å². The van der Waals surface area contributed by atoms with Crippen molar-refractivity contribution in [3.63, 3.8) is 0 Å². The predicted molar refractivity (Wildman–Crippen MR) is 144 cm³/mol. The van der Waals surface area contributed by atoms with Crippen molar-refractivity contribution in [1.29, 1.82) is 0 Å². The van der Waals surface area contributed by atoms with Crippen molar-refractivity contribution in [2.75, 3.05) is 41.0 Å². The number of aromatic nitrogens is 3. The van der Waals surface area contributed by atoms with Crippen LogP contribution in [0.2, 0.25) is 0 Å². The summed E-state index contributed by atoms with van der Waals surface area (Å²) in [5.41, 5.74) is -0.454. The van der Waals surface area contributed by atoms with E-state index in [-0.39, 0.29) is 28.9 Å². The Labute approximate surface area is 219 Å². The molecule has 3 N–H and O–H groups in total. The lowest BCUT2D eigenvalue weighted by Gasteiger charge is -2.34. The zero-order valence-corrected chi connectivity index (χ0v) is 23.2. The molecule has 0 bridgehead atoms. The lowest BCUT2D eigenvalue weighted by atomic mass is 9.93. The van der Waals surface area contributed by atoms with E-state index in [9.17, 15) is 18.3 Å². The van der Waals surface area contributed by atoms with Gasteiger partial charge in [-0.1, -0.05) is 26.8 Å². The van der Waals surface area contributed by atoms with Crippen LogP contribution in [0.25, 0.3) is 0 Å². The summed E-state index contributed by atoms with van der Waals surface area (Å²) < 4.78 is 25.6. The number of amides is 1. The molecule has 1 saturated heterocycles. The number of hydrogen-bond donors (Lipinski definition) is 3. The molecule has 0 atom stereocenters. The van der Waals surface area contributed by atoms with Crippen LogP contribution in [0.3, 0.4) is 0 Å². The average molecular weight is 531 g/mol. The van der Waals surface area contributed by atoms with Crippen molar-refractivity contribution < 1.29 is 18.3 Å². The normalized spacial score (nSPS) is 17.5. The molecule has 10 nitrogen and oxygen atoms in total. The number of sulfone groups is 1. The van der Waals surface area contributed by atoms with Crippen molar-refractivity contribution in [3.05, 3.63) is 30.1 Å². The number of rotatable bonds is 8. The van der Waals surface area contributed by atoms with E-state index in [4.69, 9.17) is 4.98 Å². The van der Waals surface area contributed by atoms with Gasteiger partial charge in [0.25, 0.3) is 5.91 Å². The molecule has 0 radical (unpaired) electrons. The van der Waals surface area contributed by atoms with Crippen LogP contribution in [0.4, 0.5) is 17.5 Å². The molecule has 4 rings (SSSR count). The van der Waals surface area contributed by atoms with Crippen LogP contribution in [-0.2, 0) is 9.84 Å². The molecule has 1 spiro atoms. The van der Waals surface area contributed by atoms with Crippen LogP contribution >= 0.6 is 0 Å². The van der Waals surface area contributed by atoms with E-state index >= 15 is 0 Å². The molecule has 1 amide bonds. The molecular formula is C26H38N6O4S. The van der Waals surface area contributed by atoms with Gasteiger partial charge in [-0.15, -0.1) is 0 Å². The molecule has 1 aliphatic carbocycles. The molecule has 37 heavy (non-hydrogen) atoms. The number of aliphatic hydroxyl groups is 1. The molecule has 2 aromatic rings. The fourth-order valence-electron chi connectivity index (χ4n) is 4.55. The van der Waals surface area contributed by atoms with E-state index in [1.165, 1.54) is 25.1 Å². The standard InChI is InChI=1S/C26H38N6O4S/c1-24(2,3)17-37(35,36)20-8-6-7-18(28-20)30-23(34)21-22(32-13-11-26(9-10-26)12-14-32)29-19(15-27-21)31-25(4,5)16-33/h6-8,15,33H,9-14,16-17H2,1-5H3,(H,29,31)(H,28,30,34). The van der Waals surface area contributed by atoms with Gasteiger partial charge in [-0.25, -0.2) is 23.4 Å². The third-order valence-electron chi connectivity index (χ3n) is 6.82. The molecule has 11 heteroatoms. The molecule has 2 fully saturated rings. The summed E-state index contributed by atoms with van der Waals surface area (Å²) in [6, 6.07) is 4.56. The number of carbonyl (C=O) groups is 1. The Balaban J connectivity index is 1.60. The van der Waals surface area contributed by atoms with E-state index < -0.39 is 26.7 Å². The summed E-state index contributed by atoms with van der Waals surface area (Å²) in [5, 5.41) is 15.5.